The predicted octanol–water partition coefficient (Wildman–Crippen LogP) is 4.26. The van der Waals surface area contributed by atoms with Crippen LogP contribution in [0.5, 0.6) is 0 Å². The fourth-order valence-corrected chi connectivity index (χ4v) is 2.73. The van der Waals surface area contributed by atoms with E-state index in [0.29, 0.717) is 0 Å². The van der Waals surface area contributed by atoms with Gasteiger partial charge >= 0.3 is 0 Å². The predicted molar refractivity (Wildman–Crippen MR) is 67.2 cm³/mol. The zero-order chi connectivity index (χ0) is 9.42. The van der Waals surface area contributed by atoms with Gasteiger partial charge in [0.05, 0.1) is 5.52 Å². The van der Waals surface area contributed by atoms with Crippen LogP contribution in [0.3, 0.4) is 0 Å². The van der Waals surface area contributed by atoms with Gasteiger partial charge in [-0.05, 0) is 40.8 Å². The minimum atomic E-state index is 0.741. The van der Waals surface area contributed by atoms with Gasteiger partial charge in [-0.25, -0.2) is 0 Å². The smallest absolute Gasteiger partial charge is 0.0847 e. The first-order valence-corrected chi connectivity index (χ1v) is 5.83. The van der Waals surface area contributed by atoms with Crippen molar-refractivity contribution in [2.45, 2.75) is 0 Å². The van der Waals surface area contributed by atoms with Crippen LogP contribution in [0.1, 0.15) is 0 Å². The molecule has 1 heterocycles. The third-order valence-electron chi connectivity index (χ3n) is 1.71. The van der Waals surface area contributed by atoms with Crippen molar-refractivity contribution in [3.63, 3.8) is 0 Å². The maximum Gasteiger partial charge on any atom is 0.0847 e. The van der Waals surface area contributed by atoms with Crippen molar-refractivity contribution < 1.29 is 0 Å². The highest BCUT2D eigenvalue weighted by Crippen LogP contribution is 2.28. The van der Waals surface area contributed by atoms with Gasteiger partial charge in [0.2, 0.25) is 0 Å². The quantitative estimate of drug-likeness (QED) is 0.634. The van der Waals surface area contributed by atoms with Crippen LogP contribution in [0.2, 0.25) is 5.02 Å². The van der Waals surface area contributed by atoms with Crippen LogP contribution >= 0.6 is 50.1 Å². The largest absolute Gasteiger partial charge is 0.255 e. The standard InChI is InChI=1S/C9H4BrClIN/c10-7-1-2-13-9-6(7)3-5(11)4-8(9)12/h1-4H. The van der Waals surface area contributed by atoms with Crippen molar-refractivity contribution >= 4 is 61.0 Å². The van der Waals surface area contributed by atoms with E-state index in [1.54, 1.807) is 6.20 Å². The number of hydrogen-bond donors (Lipinski definition) is 0. The summed E-state index contributed by atoms with van der Waals surface area (Å²) in [5.74, 6) is 0. The Hall–Kier alpha value is 0.130. The lowest BCUT2D eigenvalue weighted by atomic mass is 10.2. The number of halogens is 3. The average Bonchev–Trinajstić information content (AvgIpc) is 2.07. The van der Waals surface area contributed by atoms with E-state index in [4.69, 9.17) is 11.6 Å². The summed E-state index contributed by atoms with van der Waals surface area (Å²) in [5.41, 5.74) is 0.986. The molecule has 0 bridgehead atoms. The van der Waals surface area contributed by atoms with E-state index in [-0.39, 0.29) is 0 Å². The Morgan fingerprint density at radius 2 is 2.15 bits per heavy atom. The molecule has 1 aromatic carbocycles. The van der Waals surface area contributed by atoms with E-state index in [9.17, 15) is 0 Å². The van der Waals surface area contributed by atoms with Crippen LogP contribution in [-0.4, -0.2) is 4.98 Å². The van der Waals surface area contributed by atoms with Crippen molar-refractivity contribution in [1.29, 1.82) is 0 Å². The van der Waals surface area contributed by atoms with Crippen LogP contribution < -0.4 is 0 Å². The Kier molecular flexibility index (Phi) is 2.76. The minimum Gasteiger partial charge on any atom is -0.255 e. The third-order valence-corrected chi connectivity index (χ3v) is 3.44. The molecule has 0 radical (unpaired) electrons. The number of pyridine rings is 1. The second-order valence-corrected chi connectivity index (χ2v) is 5.03. The summed E-state index contributed by atoms with van der Waals surface area (Å²) in [6.07, 6.45) is 1.78. The molecule has 13 heavy (non-hydrogen) atoms. The molecular formula is C9H4BrClIN. The lowest BCUT2D eigenvalue weighted by Gasteiger charge is -2.02. The molecule has 0 saturated carbocycles. The molecule has 0 atom stereocenters. The monoisotopic (exact) mass is 367 g/mol. The van der Waals surface area contributed by atoms with E-state index in [1.807, 2.05) is 18.2 Å². The second-order valence-electron chi connectivity index (χ2n) is 2.58. The summed E-state index contributed by atoms with van der Waals surface area (Å²) in [6, 6.07) is 5.73. The summed E-state index contributed by atoms with van der Waals surface area (Å²) >= 11 is 11.6. The molecule has 1 aromatic heterocycles. The van der Waals surface area contributed by atoms with Gasteiger partial charge < -0.3 is 0 Å². The summed E-state index contributed by atoms with van der Waals surface area (Å²) in [4.78, 5) is 4.29. The van der Waals surface area contributed by atoms with Gasteiger partial charge in [0.25, 0.3) is 0 Å². The van der Waals surface area contributed by atoms with Crippen molar-refractivity contribution in [2.24, 2.45) is 0 Å². The van der Waals surface area contributed by atoms with Gasteiger partial charge in [-0.1, -0.05) is 27.5 Å². The maximum absolute atomic E-state index is 5.94. The molecular weight excluding hydrogens is 364 g/mol. The highest BCUT2D eigenvalue weighted by molar-refractivity contribution is 14.1. The van der Waals surface area contributed by atoms with Crippen molar-refractivity contribution in [2.75, 3.05) is 0 Å². The number of hydrogen-bond acceptors (Lipinski definition) is 1. The molecule has 0 saturated heterocycles. The van der Waals surface area contributed by atoms with Gasteiger partial charge in [0, 0.05) is 24.6 Å². The molecule has 4 heteroatoms. The zero-order valence-electron chi connectivity index (χ0n) is 6.39. The van der Waals surface area contributed by atoms with Crippen LogP contribution in [0, 0.1) is 3.57 Å². The maximum atomic E-state index is 5.94. The summed E-state index contributed by atoms with van der Waals surface area (Å²) in [5, 5.41) is 1.80. The number of rotatable bonds is 0. The fraction of sp³-hybridized carbons (Fsp3) is 0. The molecule has 1 nitrogen and oxygen atoms in total. The topological polar surface area (TPSA) is 12.9 Å². The molecule has 2 rings (SSSR count). The Bertz CT molecular complexity index is 472. The van der Waals surface area contributed by atoms with Crippen LogP contribution in [0.15, 0.2) is 28.9 Å². The lowest BCUT2D eigenvalue weighted by molar-refractivity contribution is 1.39. The number of benzene rings is 1. The average molecular weight is 368 g/mol. The zero-order valence-corrected chi connectivity index (χ0v) is 10.9. The van der Waals surface area contributed by atoms with Crippen molar-refractivity contribution in [1.82, 2.24) is 4.98 Å². The molecule has 0 spiro atoms. The summed E-state index contributed by atoms with van der Waals surface area (Å²) in [6.45, 7) is 0. The Morgan fingerprint density at radius 1 is 1.38 bits per heavy atom. The molecule has 0 aliphatic heterocycles. The second kappa shape index (κ2) is 3.71. The molecule has 0 N–H and O–H groups in total. The Balaban J connectivity index is 2.94. The Labute approximate surface area is 103 Å². The van der Waals surface area contributed by atoms with Crippen LogP contribution in [0.25, 0.3) is 10.9 Å². The number of aromatic nitrogens is 1. The van der Waals surface area contributed by atoms with Gasteiger partial charge in [0.15, 0.2) is 0 Å². The van der Waals surface area contributed by atoms with E-state index in [0.717, 1.165) is 24.0 Å². The molecule has 2 aromatic rings. The molecule has 0 aliphatic carbocycles. The van der Waals surface area contributed by atoms with E-state index < -0.39 is 0 Å². The van der Waals surface area contributed by atoms with E-state index in [2.05, 4.69) is 43.5 Å². The highest BCUT2D eigenvalue weighted by Gasteiger charge is 2.04. The van der Waals surface area contributed by atoms with Crippen LogP contribution in [0.4, 0.5) is 0 Å². The van der Waals surface area contributed by atoms with Gasteiger partial charge in [-0.15, -0.1) is 0 Å². The number of fused-ring (bicyclic) bond motifs is 1. The highest BCUT2D eigenvalue weighted by atomic mass is 127. The molecule has 0 amide bonds. The molecule has 0 unspecified atom stereocenters. The van der Waals surface area contributed by atoms with Crippen molar-refractivity contribution in [3.8, 4) is 0 Å². The molecule has 66 valence electrons. The van der Waals surface area contributed by atoms with Gasteiger partial charge in [-0.3, -0.25) is 4.98 Å². The first kappa shape index (κ1) is 9.68. The third kappa shape index (κ3) is 1.82. The van der Waals surface area contributed by atoms with Crippen LogP contribution in [-0.2, 0) is 0 Å². The normalized spacial score (nSPS) is 10.7. The SMILES string of the molecule is Clc1cc(I)c2nccc(Br)c2c1. The van der Waals surface area contributed by atoms with Gasteiger partial charge in [-0.2, -0.15) is 0 Å². The first-order chi connectivity index (χ1) is 6.18. The van der Waals surface area contributed by atoms with E-state index in [1.165, 1.54) is 0 Å². The van der Waals surface area contributed by atoms with Gasteiger partial charge in [0.1, 0.15) is 0 Å². The molecule has 0 fully saturated rings. The first-order valence-electron chi connectivity index (χ1n) is 3.58. The summed E-state index contributed by atoms with van der Waals surface area (Å²) < 4.78 is 2.10. The molecule has 0 aliphatic rings. The lowest BCUT2D eigenvalue weighted by Crippen LogP contribution is -1.83. The van der Waals surface area contributed by atoms with E-state index >= 15 is 0 Å². The minimum absolute atomic E-state index is 0.741. The fourth-order valence-electron chi connectivity index (χ4n) is 1.15. The Morgan fingerprint density at radius 3 is 2.92 bits per heavy atom. The van der Waals surface area contributed by atoms with Crippen molar-refractivity contribution in [3.05, 3.63) is 37.5 Å². The summed E-state index contributed by atoms with van der Waals surface area (Å²) in [7, 11) is 0. The number of nitrogens with zero attached hydrogens (tertiary/aromatic N) is 1.